The first-order valence-corrected chi connectivity index (χ1v) is 6.83. The van der Waals surface area contributed by atoms with E-state index < -0.39 is 0 Å². The molecule has 1 fully saturated rings. The van der Waals surface area contributed by atoms with Crippen LogP contribution in [0.1, 0.15) is 50.8 Å². The maximum absolute atomic E-state index is 4.37. The van der Waals surface area contributed by atoms with E-state index in [1.165, 1.54) is 18.7 Å². The van der Waals surface area contributed by atoms with Crippen molar-refractivity contribution in [2.45, 2.75) is 52.5 Å². The van der Waals surface area contributed by atoms with Gasteiger partial charge in [0.15, 0.2) is 0 Å². The van der Waals surface area contributed by atoms with Gasteiger partial charge in [0.2, 0.25) is 0 Å². The highest BCUT2D eigenvalue weighted by Crippen LogP contribution is 2.21. The molecule has 1 aromatic rings. The number of hydrogen-bond donors (Lipinski definition) is 1. The molecule has 2 heterocycles. The van der Waals surface area contributed by atoms with Gasteiger partial charge in [0.25, 0.3) is 0 Å². The minimum absolute atomic E-state index is 0.515. The summed E-state index contributed by atoms with van der Waals surface area (Å²) in [7, 11) is 0. The second kappa shape index (κ2) is 5.63. The average molecular weight is 236 g/mol. The van der Waals surface area contributed by atoms with Crippen LogP contribution in [0, 0.1) is 12.8 Å². The Hall–Kier alpha value is -0.900. The van der Waals surface area contributed by atoms with Crippen molar-refractivity contribution in [3.63, 3.8) is 0 Å². The molecule has 0 aromatic carbocycles. The van der Waals surface area contributed by atoms with Crippen LogP contribution in [0.25, 0.3) is 0 Å². The Labute approximate surface area is 104 Å². The van der Waals surface area contributed by atoms with Crippen LogP contribution in [-0.2, 0) is 6.42 Å². The fourth-order valence-corrected chi connectivity index (χ4v) is 2.65. The van der Waals surface area contributed by atoms with Crippen molar-refractivity contribution in [2.24, 2.45) is 5.92 Å². The fraction of sp³-hybridized carbons (Fsp3) is 0.846. The van der Waals surface area contributed by atoms with Gasteiger partial charge in [-0.15, -0.1) is 10.2 Å². The standard InChI is InChI=1S/C13H24N4/c1-4-10(2)17-11(3)15-16-13(17)9-12-5-7-14-8-6-12/h10,12,14H,4-9H2,1-3H3. The SMILES string of the molecule is CCC(C)n1c(C)nnc1CC1CCNCC1. The topological polar surface area (TPSA) is 42.7 Å². The van der Waals surface area contributed by atoms with Crippen LogP contribution in [0.3, 0.4) is 0 Å². The summed E-state index contributed by atoms with van der Waals surface area (Å²) >= 11 is 0. The molecule has 0 aliphatic carbocycles. The lowest BCUT2D eigenvalue weighted by molar-refractivity contribution is 0.357. The zero-order valence-electron chi connectivity index (χ0n) is 11.2. The van der Waals surface area contributed by atoms with Gasteiger partial charge < -0.3 is 9.88 Å². The van der Waals surface area contributed by atoms with Crippen LogP contribution < -0.4 is 5.32 Å². The lowest BCUT2D eigenvalue weighted by Gasteiger charge is -2.23. The van der Waals surface area contributed by atoms with Crippen molar-refractivity contribution >= 4 is 0 Å². The Morgan fingerprint density at radius 3 is 2.71 bits per heavy atom. The number of hydrogen-bond acceptors (Lipinski definition) is 3. The molecule has 1 atom stereocenters. The minimum atomic E-state index is 0.515. The highest BCUT2D eigenvalue weighted by atomic mass is 15.3. The quantitative estimate of drug-likeness (QED) is 0.870. The molecule has 96 valence electrons. The summed E-state index contributed by atoms with van der Waals surface area (Å²) < 4.78 is 2.32. The zero-order valence-corrected chi connectivity index (χ0v) is 11.2. The van der Waals surface area contributed by atoms with E-state index in [0.717, 1.165) is 37.7 Å². The van der Waals surface area contributed by atoms with Gasteiger partial charge in [0.05, 0.1) is 0 Å². The smallest absolute Gasteiger partial charge is 0.133 e. The molecule has 0 bridgehead atoms. The molecule has 1 N–H and O–H groups in total. The maximum atomic E-state index is 4.37. The van der Waals surface area contributed by atoms with Crippen LogP contribution in [0.5, 0.6) is 0 Å². The molecule has 1 aliphatic heterocycles. The van der Waals surface area contributed by atoms with Crippen LogP contribution in [0.2, 0.25) is 0 Å². The molecule has 17 heavy (non-hydrogen) atoms. The van der Waals surface area contributed by atoms with Crippen molar-refractivity contribution in [1.29, 1.82) is 0 Å². The molecule has 0 spiro atoms. The third-order valence-electron chi connectivity index (χ3n) is 3.90. The number of piperidine rings is 1. The fourth-order valence-electron chi connectivity index (χ4n) is 2.65. The number of aryl methyl sites for hydroxylation is 1. The third-order valence-corrected chi connectivity index (χ3v) is 3.90. The Balaban J connectivity index is 2.09. The molecule has 4 heteroatoms. The summed E-state index contributed by atoms with van der Waals surface area (Å²) in [4.78, 5) is 0. The van der Waals surface area contributed by atoms with E-state index in [1.807, 2.05) is 0 Å². The lowest BCUT2D eigenvalue weighted by atomic mass is 9.94. The van der Waals surface area contributed by atoms with Gasteiger partial charge in [0.1, 0.15) is 11.6 Å². The molecule has 4 nitrogen and oxygen atoms in total. The minimum Gasteiger partial charge on any atom is -0.317 e. The van der Waals surface area contributed by atoms with Gasteiger partial charge in [-0.05, 0) is 52.1 Å². The predicted molar refractivity (Wildman–Crippen MR) is 69.1 cm³/mol. The van der Waals surface area contributed by atoms with Gasteiger partial charge in [-0.2, -0.15) is 0 Å². The normalized spacial score (nSPS) is 19.5. The summed E-state index contributed by atoms with van der Waals surface area (Å²) in [5.41, 5.74) is 0. The van der Waals surface area contributed by atoms with E-state index >= 15 is 0 Å². The highest BCUT2D eigenvalue weighted by Gasteiger charge is 2.19. The Morgan fingerprint density at radius 2 is 2.06 bits per heavy atom. The molecule has 1 aliphatic rings. The van der Waals surface area contributed by atoms with E-state index in [4.69, 9.17) is 0 Å². The molecule has 1 aromatic heterocycles. The maximum Gasteiger partial charge on any atom is 0.133 e. The number of nitrogens with one attached hydrogen (secondary N) is 1. The lowest BCUT2D eigenvalue weighted by Crippen LogP contribution is -2.29. The molecule has 1 unspecified atom stereocenters. The van der Waals surface area contributed by atoms with Gasteiger partial charge in [-0.25, -0.2) is 0 Å². The van der Waals surface area contributed by atoms with Crippen molar-refractivity contribution in [3.8, 4) is 0 Å². The number of aromatic nitrogens is 3. The second-order valence-electron chi connectivity index (χ2n) is 5.19. The van der Waals surface area contributed by atoms with E-state index in [1.54, 1.807) is 0 Å². The van der Waals surface area contributed by atoms with Gasteiger partial charge in [-0.1, -0.05) is 6.92 Å². The molecule has 0 radical (unpaired) electrons. The molecule has 2 rings (SSSR count). The monoisotopic (exact) mass is 236 g/mol. The molecule has 1 saturated heterocycles. The van der Waals surface area contributed by atoms with Gasteiger partial charge in [0, 0.05) is 12.5 Å². The largest absolute Gasteiger partial charge is 0.317 e. The average Bonchev–Trinajstić information content (AvgIpc) is 2.71. The first-order chi connectivity index (χ1) is 8.22. The summed E-state index contributed by atoms with van der Waals surface area (Å²) in [6.45, 7) is 8.84. The Bertz CT molecular complexity index is 352. The van der Waals surface area contributed by atoms with Crippen LogP contribution in [0.15, 0.2) is 0 Å². The van der Waals surface area contributed by atoms with Crippen molar-refractivity contribution < 1.29 is 0 Å². The Morgan fingerprint density at radius 1 is 1.35 bits per heavy atom. The van der Waals surface area contributed by atoms with Crippen molar-refractivity contribution in [2.75, 3.05) is 13.1 Å². The van der Waals surface area contributed by atoms with Crippen LogP contribution >= 0.6 is 0 Å². The molecule has 0 amide bonds. The second-order valence-corrected chi connectivity index (χ2v) is 5.19. The number of nitrogens with zero attached hydrogens (tertiary/aromatic N) is 3. The third kappa shape index (κ3) is 2.86. The van der Waals surface area contributed by atoms with E-state index in [2.05, 4.69) is 40.9 Å². The summed E-state index contributed by atoms with van der Waals surface area (Å²) in [5, 5.41) is 12.0. The predicted octanol–water partition coefficient (Wildman–Crippen LogP) is 2.10. The van der Waals surface area contributed by atoms with Gasteiger partial charge >= 0.3 is 0 Å². The molecular weight excluding hydrogens is 212 g/mol. The first kappa shape index (κ1) is 12.6. The van der Waals surface area contributed by atoms with Crippen LogP contribution in [-0.4, -0.2) is 27.9 Å². The van der Waals surface area contributed by atoms with Crippen molar-refractivity contribution in [1.82, 2.24) is 20.1 Å². The summed E-state index contributed by atoms with van der Waals surface area (Å²) in [5.74, 6) is 3.02. The first-order valence-electron chi connectivity index (χ1n) is 6.83. The zero-order chi connectivity index (χ0) is 12.3. The van der Waals surface area contributed by atoms with E-state index in [-0.39, 0.29) is 0 Å². The molecule has 0 saturated carbocycles. The van der Waals surface area contributed by atoms with Crippen molar-refractivity contribution in [3.05, 3.63) is 11.6 Å². The summed E-state index contributed by atoms with van der Waals surface area (Å²) in [6, 6.07) is 0.515. The van der Waals surface area contributed by atoms with Gasteiger partial charge in [-0.3, -0.25) is 0 Å². The number of rotatable bonds is 4. The van der Waals surface area contributed by atoms with E-state index in [0.29, 0.717) is 6.04 Å². The molecular formula is C13H24N4. The van der Waals surface area contributed by atoms with E-state index in [9.17, 15) is 0 Å². The highest BCUT2D eigenvalue weighted by molar-refractivity contribution is 4.98. The Kier molecular flexibility index (Phi) is 4.15. The van der Waals surface area contributed by atoms with Crippen LogP contribution in [0.4, 0.5) is 0 Å². The summed E-state index contributed by atoms with van der Waals surface area (Å²) in [6.07, 6.45) is 4.77.